The van der Waals surface area contributed by atoms with Crippen molar-refractivity contribution in [2.24, 2.45) is 0 Å². The quantitative estimate of drug-likeness (QED) is 0.357. The van der Waals surface area contributed by atoms with Gasteiger partial charge in [-0.2, -0.15) is 0 Å². The molecule has 0 aliphatic rings. The van der Waals surface area contributed by atoms with Gasteiger partial charge in [0.1, 0.15) is 5.01 Å². The van der Waals surface area contributed by atoms with Crippen molar-refractivity contribution in [2.75, 3.05) is 13.7 Å². The van der Waals surface area contributed by atoms with E-state index in [0.717, 1.165) is 21.3 Å². The van der Waals surface area contributed by atoms with Crippen LogP contribution in [0.2, 0.25) is 0 Å². The summed E-state index contributed by atoms with van der Waals surface area (Å²) in [5.41, 5.74) is 0.665. The second kappa shape index (κ2) is 8.13. The van der Waals surface area contributed by atoms with Gasteiger partial charge in [0.2, 0.25) is 0 Å². The molecule has 0 saturated carbocycles. The minimum Gasteiger partial charge on any atom is -0.452 e. The Morgan fingerprint density at radius 1 is 1.25 bits per heavy atom. The molecule has 0 unspecified atom stereocenters. The molecule has 9 heteroatoms. The number of nitro groups is 1. The van der Waals surface area contributed by atoms with E-state index in [2.05, 4.69) is 4.98 Å². The summed E-state index contributed by atoms with van der Waals surface area (Å²) in [5, 5.41) is 11.6. The third-order valence-electron chi connectivity index (χ3n) is 4.26. The third-order valence-corrected chi connectivity index (χ3v) is 5.47. The van der Waals surface area contributed by atoms with Crippen molar-refractivity contribution in [1.29, 1.82) is 0 Å². The Balaban J connectivity index is 1.62. The van der Waals surface area contributed by atoms with E-state index in [9.17, 15) is 19.7 Å². The van der Waals surface area contributed by atoms with Gasteiger partial charge >= 0.3 is 5.97 Å². The van der Waals surface area contributed by atoms with Crippen LogP contribution in [-0.4, -0.2) is 40.3 Å². The van der Waals surface area contributed by atoms with E-state index in [-0.39, 0.29) is 17.3 Å². The topological polar surface area (TPSA) is 103 Å². The molecular weight excluding hydrogens is 382 g/mol. The average Bonchev–Trinajstić information content (AvgIpc) is 3.14. The van der Waals surface area contributed by atoms with Gasteiger partial charge in [-0.05, 0) is 25.1 Å². The molecule has 0 spiro atoms. The van der Waals surface area contributed by atoms with E-state index in [1.54, 1.807) is 7.05 Å². The van der Waals surface area contributed by atoms with Gasteiger partial charge in [0, 0.05) is 19.2 Å². The number of fused-ring (bicyclic) bond motifs is 1. The number of non-ortho nitro benzene ring substituents is 1. The number of carbonyl (C=O) groups is 2. The Kier molecular flexibility index (Phi) is 5.65. The van der Waals surface area contributed by atoms with E-state index in [1.807, 2.05) is 31.2 Å². The summed E-state index contributed by atoms with van der Waals surface area (Å²) in [6.07, 6.45) is 0. The number of hydrogen-bond acceptors (Lipinski definition) is 7. The van der Waals surface area contributed by atoms with Crippen molar-refractivity contribution < 1.29 is 19.2 Å². The van der Waals surface area contributed by atoms with Crippen LogP contribution in [0, 0.1) is 10.1 Å². The van der Waals surface area contributed by atoms with Gasteiger partial charge in [-0.3, -0.25) is 14.9 Å². The second-order valence-corrected chi connectivity index (χ2v) is 7.15. The molecular formula is C19H17N3O5S. The fourth-order valence-electron chi connectivity index (χ4n) is 2.51. The molecule has 3 aromatic rings. The van der Waals surface area contributed by atoms with E-state index in [1.165, 1.54) is 34.4 Å². The summed E-state index contributed by atoms with van der Waals surface area (Å²) in [5.74, 6) is -1.19. The molecule has 0 aliphatic heterocycles. The maximum absolute atomic E-state index is 12.4. The molecule has 0 radical (unpaired) electrons. The van der Waals surface area contributed by atoms with Crippen LogP contribution in [0.5, 0.6) is 0 Å². The maximum atomic E-state index is 12.4. The summed E-state index contributed by atoms with van der Waals surface area (Å²) in [7, 11) is 1.61. The molecule has 0 saturated heterocycles. The molecule has 144 valence electrons. The van der Waals surface area contributed by atoms with Crippen molar-refractivity contribution in [3.63, 3.8) is 0 Å². The number of hydrogen-bond donors (Lipinski definition) is 0. The van der Waals surface area contributed by atoms with Crippen LogP contribution in [0.4, 0.5) is 5.69 Å². The minimum absolute atomic E-state index is 0.0175. The standard InChI is InChI=1S/C19H17N3O5S/c1-12(18-20-15-8-3-4-9-16(15)28-18)21(2)17(23)11-27-19(24)13-6-5-7-14(10-13)22(25)26/h3-10,12H,11H2,1-2H3/t12-/m1/s1. The first kappa shape index (κ1) is 19.4. The van der Waals surface area contributed by atoms with E-state index in [0.29, 0.717) is 0 Å². The number of para-hydroxylation sites is 1. The zero-order chi connectivity index (χ0) is 20.3. The smallest absolute Gasteiger partial charge is 0.338 e. The van der Waals surface area contributed by atoms with Gasteiger partial charge in [-0.25, -0.2) is 9.78 Å². The normalized spacial score (nSPS) is 11.8. The molecule has 8 nitrogen and oxygen atoms in total. The lowest BCUT2D eigenvalue weighted by Gasteiger charge is -2.23. The largest absolute Gasteiger partial charge is 0.452 e. The van der Waals surface area contributed by atoms with Gasteiger partial charge in [0.05, 0.1) is 26.7 Å². The Bertz CT molecular complexity index is 1020. The lowest BCUT2D eigenvalue weighted by molar-refractivity contribution is -0.384. The van der Waals surface area contributed by atoms with Crippen LogP contribution in [0.15, 0.2) is 48.5 Å². The fraction of sp³-hybridized carbons (Fsp3) is 0.211. The predicted octanol–water partition coefficient (Wildman–Crippen LogP) is 3.58. The highest BCUT2D eigenvalue weighted by molar-refractivity contribution is 7.18. The van der Waals surface area contributed by atoms with Crippen LogP contribution in [-0.2, 0) is 9.53 Å². The molecule has 1 heterocycles. The first-order valence-corrected chi connectivity index (χ1v) is 9.21. The molecule has 0 N–H and O–H groups in total. The van der Waals surface area contributed by atoms with E-state index < -0.39 is 23.4 Å². The molecule has 0 aliphatic carbocycles. The van der Waals surface area contributed by atoms with Crippen LogP contribution in [0.1, 0.15) is 28.3 Å². The molecule has 2 aromatic carbocycles. The third kappa shape index (κ3) is 4.15. The molecule has 1 amide bonds. The Morgan fingerprint density at radius 3 is 2.71 bits per heavy atom. The van der Waals surface area contributed by atoms with Crippen molar-refractivity contribution in [3.05, 3.63) is 69.2 Å². The summed E-state index contributed by atoms with van der Waals surface area (Å²) in [6.45, 7) is 1.38. The van der Waals surface area contributed by atoms with E-state index in [4.69, 9.17) is 4.74 Å². The number of ether oxygens (including phenoxy) is 1. The lowest BCUT2D eigenvalue weighted by Crippen LogP contribution is -2.33. The average molecular weight is 399 g/mol. The molecule has 0 fully saturated rings. The number of aromatic nitrogens is 1. The van der Waals surface area contributed by atoms with Gasteiger partial charge in [-0.1, -0.05) is 18.2 Å². The van der Waals surface area contributed by atoms with Crippen LogP contribution in [0.3, 0.4) is 0 Å². The number of nitro benzene ring substituents is 1. The van der Waals surface area contributed by atoms with Gasteiger partial charge < -0.3 is 9.64 Å². The van der Waals surface area contributed by atoms with Gasteiger partial charge in [0.15, 0.2) is 6.61 Å². The zero-order valence-corrected chi connectivity index (χ0v) is 16.0. The van der Waals surface area contributed by atoms with Crippen molar-refractivity contribution in [3.8, 4) is 0 Å². The number of esters is 1. The number of carbonyl (C=O) groups excluding carboxylic acids is 2. The zero-order valence-electron chi connectivity index (χ0n) is 15.2. The highest BCUT2D eigenvalue weighted by atomic mass is 32.1. The first-order chi connectivity index (χ1) is 13.4. The maximum Gasteiger partial charge on any atom is 0.338 e. The van der Waals surface area contributed by atoms with Gasteiger partial charge in [-0.15, -0.1) is 11.3 Å². The fourth-order valence-corrected chi connectivity index (χ4v) is 3.57. The summed E-state index contributed by atoms with van der Waals surface area (Å²) in [4.78, 5) is 40.7. The number of benzene rings is 2. The monoisotopic (exact) mass is 399 g/mol. The van der Waals surface area contributed by atoms with Crippen LogP contribution >= 0.6 is 11.3 Å². The number of nitrogens with zero attached hydrogens (tertiary/aromatic N) is 3. The molecule has 0 bridgehead atoms. The molecule has 28 heavy (non-hydrogen) atoms. The summed E-state index contributed by atoms with van der Waals surface area (Å²) >= 11 is 1.50. The number of likely N-dealkylation sites (N-methyl/N-ethyl adjacent to an activating group) is 1. The van der Waals surface area contributed by atoms with Crippen LogP contribution < -0.4 is 0 Å². The van der Waals surface area contributed by atoms with Crippen LogP contribution in [0.25, 0.3) is 10.2 Å². The summed E-state index contributed by atoms with van der Waals surface area (Å²) < 4.78 is 6.05. The number of thiazole rings is 1. The SMILES string of the molecule is C[C@H](c1nc2ccccc2s1)N(C)C(=O)COC(=O)c1cccc([N+](=O)[O-])c1. The molecule has 3 rings (SSSR count). The number of amides is 1. The molecule has 1 atom stereocenters. The predicted molar refractivity (Wildman–Crippen MR) is 104 cm³/mol. The highest BCUT2D eigenvalue weighted by Crippen LogP contribution is 2.28. The van der Waals surface area contributed by atoms with Crippen molar-refractivity contribution in [1.82, 2.24) is 9.88 Å². The Morgan fingerprint density at radius 2 is 2.00 bits per heavy atom. The van der Waals surface area contributed by atoms with Gasteiger partial charge in [0.25, 0.3) is 11.6 Å². The minimum atomic E-state index is -0.793. The lowest BCUT2D eigenvalue weighted by atomic mass is 10.2. The molecule has 1 aromatic heterocycles. The highest BCUT2D eigenvalue weighted by Gasteiger charge is 2.22. The Labute approximate surface area is 164 Å². The number of rotatable bonds is 6. The Hall–Kier alpha value is -3.33. The van der Waals surface area contributed by atoms with E-state index >= 15 is 0 Å². The summed E-state index contributed by atoms with van der Waals surface area (Å²) in [6, 6.07) is 12.6. The second-order valence-electron chi connectivity index (χ2n) is 6.08. The first-order valence-electron chi connectivity index (χ1n) is 8.39. The van der Waals surface area contributed by atoms with Crippen molar-refractivity contribution >= 4 is 39.1 Å². The van der Waals surface area contributed by atoms with Crippen molar-refractivity contribution in [2.45, 2.75) is 13.0 Å².